The second kappa shape index (κ2) is 15.8. The maximum atomic E-state index is 6.81. The van der Waals surface area contributed by atoms with E-state index in [-0.39, 0.29) is 0 Å². The molecule has 0 radical (unpaired) electrons. The predicted octanol–water partition coefficient (Wildman–Crippen LogP) is 17.4. The van der Waals surface area contributed by atoms with Crippen molar-refractivity contribution >= 4 is 39.0 Å². The molecule has 70 heavy (non-hydrogen) atoms. The molecule has 0 fully saturated rings. The van der Waals surface area contributed by atoms with Gasteiger partial charge in [-0.2, -0.15) is 0 Å². The van der Waals surface area contributed by atoms with Crippen molar-refractivity contribution in [2.24, 2.45) is 0 Å². The van der Waals surface area contributed by atoms with E-state index >= 15 is 0 Å². The quantitative estimate of drug-likeness (QED) is 0.151. The lowest BCUT2D eigenvalue weighted by Crippen LogP contribution is -2.29. The normalized spacial score (nSPS) is 13.7. The van der Waals surface area contributed by atoms with Gasteiger partial charge in [0.2, 0.25) is 0 Å². The van der Waals surface area contributed by atoms with E-state index in [0.29, 0.717) is 0 Å². The molecule has 12 aromatic rings. The number of fused-ring (bicyclic) bond motifs is 9. The van der Waals surface area contributed by atoms with Gasteiger partial charge >= 0.3 is 0 Å². The van der Waals surface area contributed by atoms with Crippen LogP contribution in [0.2, 0.25) is 0 Å². The molecule has 1 aromatic heterocycles. The zero-order valence-corrected chi connectivity index (χ0v) is 38.3. The Kier molecular flexibility index (Phi) is 9.06. The summed E-state index contributed by atoms with van der Waals surface area (Å²) >= 11 is 0. The predicted molar refractivity (Wildman–Crippen MR) is 288 cm³/mol. The molecule has 0 saturated carbocycles. The van der Waals surface area contributed by atoms with Gasteiger partial charge in [-0.05, 0) is 103 Å². The number of hydrogen-bond donors (Lipinski definition) is 0. The Bertz CT molecular complexity index is 3690. The van der Waals surface area contributed by atoms with Crippen LogP contribution in [0.1, 0.15) is 44.5 Å². The van der Waals surface area contributed by atoms with Crippen LogP contribution in [0.5, 0.6) is 0 Å². The van der Waals surface area contributed by atoms with Crippen LogP contribution in [-0.4, -0.2) is 0 Å². The molecule has 1 heterocycles. The van der Waals surface area contributed by atoms with Crippen LogP contribution >= 0.6 is 0 Å². The van der Waals surface area contributed by atoms with Gasteiger partial charge in [-0.3, -0.25) is 0 Å². The highest BCUT2D eigenvalue weighted by atomic mass is 16.3. The molecule has 0 atom stereocenters. The maximum absolute atomic E-state index is 6.81. The average Bonchev–Trinajstić information content (AvgIpc) is 4.07. The topological polar surface area (TPSA) is 16.4 Å². The summed E-state index contributed by atoms with van der Waals surface area (Å²) < 4.78 is 6.81. The summed E-state index contributed by atoms with van der Waals surface area (Å²) in [5, 5.41) is 2.22. The van der Waals surface area contributed by atoms with Crippen molar-refractivity contribution < 1.29 is 4.42 Å². The molecule has 328 valence electrons. The van der Waals surface area contributed by atoms with E-state index in [1.54, 1.807) is 0 Å². The van der Waals surface area contributed by atoms with E-state index in [4.69, 9.17) is 4.42 Å². The van der Waals surface area contributed by atoms with Gasteiger partial charge in [0, 0.05) is 33.3 Å². The largest absolute Gasteiger partial charge is 0.455 e. The van der Waals surface area contributed by atoms with Crippen molar-refractivity contribution in [1.29, 1.82) is 0 Å². The Balaban J connectivity index is 1.08. The molecule has 0 N–H and O–H groups in total. The summed E-state index contributed by atoms with van der Waals surface area (Å²) in [4.78, 5) is 2.50. The number of para-hydroxylation sites is 3. The lowest BCUT2D eigenvalue weighted by Gasteiger charge is -2.36. The van der Waals surface area contributed by atoms with E-state index in [2.05, 4.69) is 272 Å². The van der Waals surface area contributed by atoms with Gasteiger partial charge in [-0.25, -0.2) is 0 Å². The van der Waals surface area contributed by atoms with Crippen LogP contribution in [0.3, 0.4) is 0 Å². The third-order valence-corrected chi connectivity index (χ3v) is 15.2. The van der Waals surface area contributed by atoms with E-state index < -0.39 is 10.8 Å². The number of rotatable bonds is 8. The number of hydrogen-bond acceptors (Lipinski definition) is 2. The molecule has 0 spiro atoms. The molecule has 0 amide bonds. The summed E-state index contributed by atoms with van der Waals surface area (Å²) in [6.07, 6.45) is 0. The fraction of sp³-hybridized carbons (Fsp3) is 0.0294. The smallest absolute Gasteiger partial charge is 0.143 e. The zero-order valence-electron chi connectivity index (χ0n) is 38.3. The standard InChI is InChI=1S/C68H45NO/c1-5-22-46(23-6-1)67(47-24-7-2-8-25-47)60-36-17-13-30-52(60)54-42-40-50(44-62(54)67)69(64-38-19-15-32-56(64)58-34-21-35-59-57-33-16-20-39-65(57)70-66(58)59)51-41-43-55-53-31-14-18-37-61(53)68(63(55)45-51,48-26-9-3-10-27-48)49-28-11-4-12-29-49/h1-45H. The van der Waals surface area contributed by atoms with Crippen molar-refractivity contribution in [2.45, 2.75) is 10.8 Å². The second-order valence-corrected chi connectivity index (χ2v) is 18.6. The van der Waals surface area contributed by atoms with E-state index in [1.165, 1.54) is 66.8 Å². The highest BCUT2D eigenvalue weighted by Crippen LogP contribution is 2.60. The van der Waals surface area contributed by atoms with Crippen LogP contribution in [0, 0.1) is 0 Å². The van der Waals surface area contributed by atoms with E-state index in [1.807, 2.05) is 6.07 Å². The Morgan fingerprint density at radius 1 is 0.271 bits per heavy atom. The Morgan fingerprint density at radius 2 is 0.657 bits per heavy atom. The lowest BCUT2D eigenvalue weighted by molar-refractivity contribution is 0.670. The molecular formula is C68H45NO. The van der Waals surface area contributed by atoms with Gasteiger partial charge in [0.15, 0.2) is 0 Å². The van der Waals surface area contributed by atoms with Gasteiger partial charge in [0.05, 0.1) is 16.5 Å². The molecule has 2 aliphatic carbocycles. The first-order valence-electron chi connectivity index (χ1n) is 24.3. The first-order chi connectivity index (χ1) is 34.7. The van der Waals surface area contributed by atoms with Crippen LogP contribution < -0.4 is 4.90 Å². The fourth-order valence-corrected chi connectivity index (χ4v) is 12.4. The van der Waals surface area contributed by atoms with Crippen molar-refractivity contribution in [3.8, 4) is 33.4 Å². The molecule has 0 unspecified atom stereocenters. The minimum atomic E-state index is -0.579. The number of benzene rings is 11. The molecular weight excluding hydrogens is 847 g/mol. The maximum Gasteiger partial charge on any atom is 0.143 e. The molecule has 0 aliphatic heterocycles. The second-order valence-electron chi connectivity index (χ2n) is 18.6. The van der Waals surface area contributed by atoms with Gasteiger partial charge in [0.1, 0.15) is 11.2 Å². The highest BCUT2D eigenvalue weighted by molar-refractivity contribution is 6.11. The summed E-state index contributed by atoms with van der Waals surface area (Å²) in [6.45, 7) is 0. The molecule has 2 aliphatic rings. The van der Waals surface area contributed by atoms with Gasteiger partial charge in [0.25, 0.3) is 0 Å². The van der Waals surface area contributed by atoms with Crippen molar-refractivity contribution in [3.05, 3.63) is 317 Å². The molecule has 0 saturated heterocycles. The molecule has 2 nitrogen and oxygen atoms in total. The first-order valence-corrected chi connectivity index (χ1v) is 24.3. The third-order valence-electron chi connectivity index (χ3n) is 15.2. The molecule has 14 rings (SSSR count). The Labute approximate surface area is 408 Å². The number of furan rings is 1. The summed E-state index contributed by atoms with van der Waals surface area (Å²) in [6, 6.07) is 101. The summed E-state index contributed by atoms with van der Waals surface area (Å²) in [5.74, 6) is 0. The molecule has 11 aromatic carbocycles. The minimum absolute atomic E-state index is 0.579. The van der Waals surface area contributed by atoms with E-state index in [0.717, 1.165) is 50.1 Å². The third kappa shape index (κ3) is 5.68. The highest BCUT2D eigenvalue weighted by Gasteiger charge is 2.48. The van der Waals surface area contributed by atoms with Crippen molar-refractivity contribution in [3.63, 3.8) is 0 Å². The van der Waals surface area contributed by atoms with Gasteiger partial charge < -0.3 is 9.32 Å². The SMILES string of the molecule is c1ccc(C2(c3ccccc3)c3ccccc3-c3ccc(N(c4ccc5c(c4)C(c4ccccc4)(c4ccccc4)c4ccccc4-5)c4ccccc4-c4cccc5c4oc4ccccc45)cc32)cc1. The van der Waals surface area contributed by atoms with Crippen LogP contribution in [0.4, 0.5) is 17.1 Å². The number of nitrogens with zero attached hydrogens (tertiary/aromatic N) is 1. The summed E-state index contributed by atoms with van der Waals surface area (Å²) in [7, 11) is 0. The molecule has 0 bridgehead atoms. The zero-order chi connectivity index (χ0) is 46.2. The first kappa shape index (κ1) is 40.1. The Hall–Kier alpha value is -8.98. The monoisotopic (exact) mass is 891 g/mol. The van der Waals surface area contributed by atoms with Crippen molar-refractivity contribution in [2.75, 3.05) is 4.90 Å². The molecule has 2 heteroatoms. The van der Waals surface area contributed by atoms with Crippen LogP contribution in [0.15, 0.2) is 277 Å². The van der Waals surface area contributed by atoms with E-state index in [9.17, 15) is 0 Å². The van der Waals surface area contributed by atoms with Crippen LogP contribution in [-0.2, 0) is 10.8 Å². The Morgan fingerprint density at radius 3 is 1.17 bits per heavy atom. The van der Waals surface area contributed by atoms with Crippen LogP contribution in [0.25, 0.3) is 55.3 Å². The summed E-state index contributed by atoms with van der Waals surface area (Å²) in [5.41, 5.74) is 20.9. The lowest BCUT2D eigenvalue weighted by atomic mass is 9.67. The van der Waals surface area contributed by atoms with Gasteiger partial charge in [-0.1, -0.05) is 237 Å². The number of anilines is 3. The fourth-order valence-electron chi connectivity index (χ4n) is 12.4. The van der Waals surface area contributed by atoms with Crippen molar-refractivity contribution in [1.82, 2.24) is 0 Å². The minimum Gasteiger partial charge on any atom is -0.455 e. The van der Waals surface area contributed by atoms with Gasteiger partial charge in [-0.15, -0.1) is 0 Å². The average molecular weight is 892 g/mol.